The van der Waals surface area contributed by atoms with Crippen molar-refractivity contribution in [2.75, 3.05) is 0 Å². The maximum absolute atomic E-state index is 9.73. The first kappa shape index (κ1) is 35.3. The molecular weight excluding hydrogens is 683 g/mol. The Morgan fingerprint density at radius 3 is 1.82 bits per heavy atom. The number of hydrogen-bond acceptors (Lipinski definition) is 4. The molecule has 0 radical (unpaired) electrons. The van der Waals surface area contributed by atoms with Crippen LogP contribution in [0.25, 0.3) is 72.8 Å². The van der Waals surface area contributed by atoms with Crippen LogP contribution in [0.4, 0.5) is 0 Å². The van der Waals surface area contributed by atoms with E-state index in [1.807, 2.05) is 48.5 Å². The molecule has 8 aromatic rings. The zero-order valence-corrected chi connectivity index (χ0v) is 32.3. The first-order valence-electron chi connectivity index (χ1n) is 20.0. The minimum Gasteiger partial charge on any atom is -0.309 e. The number of rotatable bonds is 7. The first-order chi connectivity index (χ1) is 27.4. The van der Waals surface area contributed by atoms with Crippen LogP contribution in [0, 0.1) is 23.2 Å². The number of nitrogens with zero attached hydrogens (tertiary/aromatic N) is 5. The van der Waals surface area contributed by atoms with Crippen LogP contribution in [0.3, 0.4) is 0 Å². The van der Waals surface area contributed by atoms with E-state index in [-0.39, 0.29) is 5.41 Å². The van der Waals surface area contributed by atoms with Crippen molar-refractivity contribution in [2.45, 2.75) is 58.3 Å². The third-order valence-corrected chi connectivity index (χ3v) is 12.1. The number of fused-ring (bicyclic) bond motifs is 3. The molecule has 5 nitrogen and oxygen atoms in total. The van der Waals surface area contributed by atoms with E-state index < -0.39 is 0 Å². The van der Waals surface area contributed by atoms with E-state index in [1.165, 1.54) is 42.0 Å². The Kier molecular flexibility index (Phi) is 9.27. The van der Waals surface area contributed by atoms with Gasteiger partial charge >= 0.3 is 0 Å². The molecule has 1 aliphatic carbocycles. The minimum atomic E-state index is 0.212. The summed E-state index contributed by atoms with van der Waals surface area (Å²) in [5, 5.41) is 12.1. The number of aromatic nitrogens is 4. The Hall–Kier alpha value is -6.38. The minimum absolute atomic E-state index is 0.212. The molecule has 0 aliphatic heterocycles. The van der Waals surface area contributed by atoms with Gasteiger partial charge in [0.1, 0.15) is 0 Å². The maximum Gasteiger partial charge on any atom is 0.164 e. The Morgan fingerprint density at radius 2 is 1.14 bits per heavy atom. The van der Waals surface area contributed by atoms with Crippen molar-refractivity contribution in [1.82, 2.24) is 19.5 Å². The molecular formula is C51H45N5. The lowest BCUT2D eigenvalue weighted by molar-refractivity contribution is 0.295. The highest BCUT2D eigenvalue weighted by molar-refractivity contribution is 6.10. The van der Waals surface area contributed by atoms with Crippen LogP contribution >= 0.6 is 0 Å². The molecule has 3 atom stereocenters. The van der Waals surface area contributed by atoms with Crippen LogP contribution in [0.5, 0.6) is 0 Å². The molecule has 274 valence electrons. The standard InChI is InChI=1S/C51H45N5/c1-4-51(31-34(2)20-21-35(3)32-51)42-23-25-43(26-24-42)56-46-19-9-8-18-44(46)45-27-22-41(30-47(45)56)50-54-48(39-16-10-12-36(28-39)33-52)53-49(55-50)40-17-11-15-38(29-40)37-13-6-5-7-14-37/h5-19,22-30,34-35H,4,20-21,31-32H2,1-3H3/t34-,35+,51?. The van der Waals surface area contributed by atoms with Crippen LogP contribution in [0.15, 0.2) is 146 Å². The van der Waals surface area contributed by atoms with E-state index >= 15 is 0 Å². The highest BCUT2D eigenvalue weighted by atomic mass is 15.0. The zero-order valence-electron chi connectivity index (χ0n) is 32.3. The molecule has 1 saturated carbocycles. The second-order valence-corrected chi connectivity index (χ2v) is 15.9. The Balaban J connectivity index is 1.19. The fourth-order valence-electron chi connectivity index (χ4n) is 9.23. The summed E-state index contributed by atoms with van der Waals surface area (Å²) in [6.07, 6.45) is 6.30. The molecule has 5 heteroatoms. The molecule has 1 aliphatic rings. The average molecular weight is 728 g/mol. The molecule has 0 N–H and O–H groups in total. The predicted octanol–water partition coefficient (Wildman–Crippen LogP) is 13.0. The first-order valence-corrected chi connectivity index (χ1v) is 20.0. The van der Waals surface area contributed by atoms with E-state index in [0.717, 1.165) is 62.8 Å². The van der Waals surface area contributed by atoms with E-state index in [9.17, 15) is 5.26 Å². The van der Waals surface area contributed by atoms with Crippen molar-refractivity contribution < 1.29 is 0 Å². The van der Waals surface area contributed by atoms with Crippen LogP contribution < -0.4 is 0 Å². The smallest absolute Gasteiger partial charge is 0.164 e. The monoisotopic (exact) mass is 727 g/mol. The van der Waals surface area contributed by atoms with Gasteiger partial charge in [-0.1, -0.05) is 137 Å². The van der Waals surface area contributed by atoms with Crippen LogP contribution in [0.1, 0.15) is 64.0 Å². The quantitative estimate of drug-likeness (QED) is 0.153. The third-order valence-electron chi connectivity index (χ3n) is 12.1. The number of nitriles is 1. The highest BCUT2D eigenvalue weighted by Gasteiger charge is 2.36. The van der Waals surface area contributed by atoms with Crippen LogP contribution in [-0.4, -0.2) is 19.5 Å². The summed E-state index contributed by atoms with van der Waals surface area (Å²) >= 11 is 0. The van der Waals surface area contributed by atoms with Gasteiger partial charge < -0.3 is 4.57 Å². The van der Waals surface area contributed by atoms with E-state index in [0.29, 0.717) is 23.0 Å². The van der Waals surface area contributed by atoms with Gasteiger partial charge in [-0.3, -0.25) is 0 Å². The number of benzene rings is 6. The normalized spacial score (nSPS) is 18.5. The van der Waals surface area contributed by atoms with Crippen molar-refractivity contribution in [2.24, 2.45) is 11.8 Å². The lowest BCUT2D eigenvalue weighted by Gasteiger charge is -2.35. The summed E-state index contributed by atoms with van der Waals surface area (Å²) in [5.74, 6) is 3.14. The third kappa shape index (κ3) is 6.56. The fourth-order valence-corrected chi connectivity index (χ4v) is 9.23. The molecule has 0 amide bonds. The Morgan fingerprint density at radius 1 is 0.571 bits per heavy atom. The summed E-state index contributed by atoms with van der Waals surface area (Å²) in [4.78, 5) is 15.2. The lowest BCUT2D eigenvalue weighted by atomic mass is 9.69. The molecule has 6 aromatic carbocycles. The molecule has 0 spiro atoms. The van der Waals surface area contributed by atoms with Crippen molar-refractivity contribution >= 4 is 21.8 Å². The topological polar surface area (TPSA) is 67.4 Å². The molecule has 2 heterocycles. The van der Waals surface area contributed by atoms with E-state index in [4.69, 9.17) is 15.0 Å². The molecule has 1 fully saturated rings. The molecule has 1 unspecified atom stereocenters. The molecule has 56 heavy (non-hydrogen) atoms. The maximum atomic E-state index is 9.73. The van der Waals surface area contributed by atoms with Gasteiger partial charge in [-0.25, -0.2) is 15.0 Å². The van der Waals surface area contributed by atoms with Crippen molar-refractivity contribution in [3.05, 3.63) is 157 Å². The molecule has 9 rings (SSSR count). The highest BCUT2D eigenvalue weighted by Crippen LogP contribution is 2.45. The van der Waals surface area contributed by atoms with Gasteiger partial charge in [-0.2, -0.15) is 5.26 Å². The van der Waals surface area contributed by atoms with Gasteiger partial charge in [0.05, 0.1) is 22.7 Å². The van der Waals surface area contributed by atoms with Gasteiger partial charge in [0, 0.05) is 33.2 Å². The Bertz CT molecular complexity index is 2730. The van der Waals surface area contributed by atoms with Gasteiger partial charge in [-0.05, 0) is 95.7 Å². The fraction of sp³-hybridized carbons (Fsp3) is 0.216. The molecule has 0 saturated heterocycles. The van der Waals surface area contributed by atoms with Gasteiger partial charge in [0.2, 0.25) is 0 Å². The zero-order chi connectivity index (χ0) is 38.2. The average Bonchev–Trinajstić information content (AvgIpc) is 3.50. The largest absolute Gasteiger partial charge is 0.309 e. The summed E-state index contributed by atoms with van der Waals surface area (Å²) in [5.41, 5.74) is 10.4. The van der Waals surface area contributed by atoms with Crippen molar-refractivity contribution in [3.63, 3.8) is 0 Å². The Labute approximate surface area is 329 Å². The summed E-state index contributed by atoms with van der Waals surface area (Å²) in [6.45, 7) is 7.26. The second-order valence-electron chi connectivity index (χ2n) is 15.9. The van der Waals surface area contributed by atoms with Crippen molar-refractivity contribution in [3.8, 4) is 57.0 Å². The van der Waals surface area contributed by atoms with Gasteiger partial charge in [0.25, 0.3) is 0 Å². The van der Waals surface area contributed by atoms with Crippen LogP contribution in [-0.2, 0) is 5.41 Å². The second kappa shape index (κ2) is 14.7. The predicted molar refractivity (Wildman–Crippen MR) is 229 cm³/mol. The lowest BCUT2D eigenvalue weighted by Crippen LogP contribution is -2.28. The van der Waals surface area contributed by atoms with Crippen molar-refractivity contribution in [1.29, 1.82) is 5.26 Å². The number of para-hydroxylation sites is 1. The van der Waals surface area contributed by atoms with Gasteiger partial charge in [-0.15, -0.1) is 0 Å². The molecule has 0 bridgehead atoms. The number of hydrogen-bond donors (Lipinski definition) is 0. The van der Waals surface area contributed by atoms with Gasteiger partial charge in [0.15, 0.2) is 17.5 Å². The SMILES string of the molecule is CCC1(c2ccc(-n3c4ccccc4c4ccc(-c5nc(-c6cccc(C#N)c6)nc(-c6cccc(-c7ccccc7)c6)n5)cc43)cc2)C[C@H](C)CC[C@H](C)C1. The van der Waals surface area contributed by atoms with Crippen LogP contribution in [0.2, 0.25) is 0 Å². The van der Waals surface area contributed by atoms with E-state index in [1.54, 1.807) is 6.07 Å². The van der Waals surface area contributed by atoms with E-state index in [2.05, 4.69) is 122 Å². The summed E-state index contributed by atoms with van der Waals surface area (Å²) in [7, 11) is 0. The summed E-state index contributed by atoms with van der Waals surface area (Å²) < 4.78 is 2.39. The summed E-state index contributed by atoms with van der Waals surface area (Å²) in [6, 6.07) is 53.1. The molecule has 2 aromatic heterocycles.